The Morgan fingerprint density at radius 1 is 1.23 bits per heavy atom. The van der Waals surface area contributed by atoms with E-state index in [2.05, 4.69) is 32.6 Å². The first-order valence-electron chi connectivity index (χ1n) is 12.2. The summed E-state index contributed by atoms with van der Waals surface area (Å²) in [6, 6.07) is 0. The second kappa shape index (κ2) is 10.3. The van der Waals surface area contributed by atoms with Gasteiger partial charge in [0, 0.05) is 6.42 Å². The van der Waals surface area contributed by atoms with Gasteiger partial charge in [-0.2, -0.15) is 0 Å². The van der Waals surface area contributed by atoms with E-state index in [1.807, 2.05) is 13.8 Å². The maximum atomic E-state index is 10.1. The van der Waals surface area contributed by atoms with E-state index in [4.69, 9.17) is 0 Å². The minimum absolute atomic E-state index is 0. The maximum absolute atomic E-state index is 10.1. The van der Waals surface area contributed by atoms with Crippen molar-refractivity contribution >= 4 is 0 Å². The average Bonchev–Trinajstić information content (AvgIpc) is 3.00. The molecule has 3 fully saturated rings. The predicted molar refractivity (Wildman–Crippen MR) is 128 cm³/mol. The summed E-state index contributed by atoms with van der Waals surface area (Å²) in [5, 5.41) is 30.2. The molecule has 0 amide bonds. The van der Waals surface area contributed by atoms with Crippen LogP contribution in [-0.2, 0) is 0 Å². The topological polar surface area (TPSA) is 92.2 Å². The molecule has 4 heteroatoms. The molecule has 0 heterocycles. The molecule has 178 valence electrons. The largest absolute Gasteiger partial charge is 0.412 e. The highest BCUT2D eigenvalue weighted by atomic mass is 16.3. The zero-order valence-corrected chi connectivity index (χ0v) is 20.2. The SMILES string of the molecule is C=C1/C(=C\C=C2/CCC[C@]3(C)[C@@H]([C@H](C)CCCC(C)(C)O)CC[C@@H]23)C[C@@H](O)C[C@@H]1O.O. The zero-order chi connectivity index (χ0) is 22.1. The van der Waals surface area contributed by atoms with Crippen LogP contribution in [0.1, 0.15) is 91.9 Å². The van der Waals surface area contributed by atoms with Crippen LogP contribution in [0.2, 0.25) is 0 Å². The van der Waals surface area contributed by atoms with Crippen molar-refractivity contribution < 1.29 is 20.8 Å². The monoisotopic (exact) mass is 434 g/mol. The van der Waals surface area contributed by atoms with Crippen molar-refractivity contribution in [1.29, 1.82) is 0 Å². The molecule has 6 atom stereocenters. The van der Waals surface area contributed by atoms with Gasteiger partial charge in [0.25, 0.3) is 0 Å². The maximum Gasteiger partial charge on any atom is 0.0811 e. The molecule has 0 bridgehead atoms. The Kier molecular flexibility index (Phi) is 8.77. The van der Waals surface area contributed by atoms with E-state index in [1.54, 1.807) is 5.57 Å². The highest BCUT2D eigenvalue weighted by Gasteiger charge is 2.50. The fourth-order valence-corrected chi connectivity index (χ4v) is 6.74. The van der Waals surface area contributed by atoms with E-state index >= 15 is 0 Å². The molecule has 0 aromatic carbocycles. The Balaban J connectivity index is 0.00000341. The standard InChI is InChI=1S/C27H44O3.H2O/c1-18(8-6-14-26(3,4)30)23-12-13-24-20(9-7-15-27(23,24)5)10-11-21-16-22(28)17-25(29)19(21)2;/h10-11,18,22-25,28-30H,2,6-9,12-17H2,1,3-5H3;1H2/b20-10+,21-11-;/t18-,22-,23-,24+,25+,27-;/m1./s1. The van der Waals surface area contributed by atoms with Crippen LogP contribution in [0.25, 0.3) is 0 Å². The first-order chi connectivity index (χ1) is 14.0. The van der Waals surface area contributed by atoms with Crippen LogP contribution in [0.3, 0.4) is 0 Å². The molecule has 0 aromatic heterocycles. The first-order valence-corrected chi connectivity index (χ1v) is 12.2. The van der Waals surface area contributed by atoms with Gasteiger partial charge in [-0.1, -0.05) is 51.0 Å². The number of aliphatic hydroxyl groups excluding tert-OH is 2. The summed E-state index contributed by atoms with van der Waals surface area (Å²) in [6.07, 6.45) is 13.9. The van der Waals surface area contributed by atoms with Crippen LogP contribution in [0.15, 0.2) is 35.5 Å². The van der Waals surface area contributed by atoms with Gasteiger partial charge in [0.2, 0.25) is 0 Å². The van der Waals surface area contributed by atoms with Crippen LogP contribution >= 0.6 is 0 Å². The predicted octanol–water partition coefficient (Wildman–Crippen LogP) is 4.88. The summed E-state index contributed by atoms with van der Waals surface area (Å²) in [5.74, 6) is 2.11. The van der Waals surface area contributed by atoms with Crippen molar-refractivity contribution in [2.75, 3.05) is 0 Å². The third kappa shape index (κ3) is 6.10. The Bertz CT molecular complexity index is 686. The lowest BCUT2D eigenvalue weighted by molar-refractivity contribution is 0.0596. The average molecular weight is 435 g/mol. The molecule has 0 spiro atoms. The molecule has 5 N–H and O–H groups in total. The number of allylic oxidation sites excluding steroid dienone is 3. The quantitative estimate of drug-likeness (QED) is 0.556. The summed E-state index contributed by atoms with van der Waals surface area (Å²) in [5.41, 5.74) is 3.17. The molecule has 0 unspecified atom stereocenters. The van der Waals surface area contributed by atoms with Crippen LogP contribution in [0.4, 0.5) is 0 Å². The third-order valence-electron chi connectivity index (χ3n) is 8.44. The van der Waals surface area contributed by atoms with Crippen molar-refractivity contribution in [3.8, 4) is 0 Å². The molecule has 0 aliphatic heterocycles. The molecule has 3 rings (SSSR count). The van der Waals surface area contributed by atoms with Crippen molar-refractivity contribution in [2.24, 2.45) is 23.2 Å². The van der Waals surface area contributed by atoms with E-state index in [0.717, 1.165) is 29.9 Å². The van der Waals surface area contributed by atoms with E-state index < -0.39 is 17.8 Å². The lowest BCUT2D eigenvalue weighted by atomic mass is 9.60. The number of aliphatic hydroxyl groups is 3. The molecule has 31 heavy (non-hydrogen) atoms. The molecule has 0 aromatic rings. The Morgan fingerprint density at radius 3 is 2.61 bits per heavy atom. The van der Waals surface area contributed by atoms with Gasteiger partial charge < -0.3 is 20.8 Å². The smallest absolute Gasteiger partial charge is 0.0811 e. The first kappa shape index (κ1) is 26.3. The van der Waals surface area contributed by atoms with E-state index in [-0.39, 0.29) is 5.48 Å². The van der Waals surface area contributed by atoms with Crippen LogP contribution in [0, 0.1) is 23.2 Å². The van der Waals surface area contributed by atoms with Gasteiger partial charge in [0.15, 0.2) is 0 Å². The summed E-state index contributed by atoms with van der Waals surface area (Å²) in [7, 11) is 0. The number of fused-ring (bicyclic) bond motifs is 1. The van der Waals surface area contributed by atoms with Gasteiger partial charge >= 0.3 is 0 Å². The summed E-state index contributed by atoms with van der Waals surface area (Å²) in [6.45, 7) is 12.8. The van der Waals surface area contributed by atoms with Gasteiger partial charge in [-0.25, -0.2) is 0 Å². The Hall–Kier alpha value is -0.940. The fourth-order valence-electron chi connectivity index (χ4n) is 6.74. The van der Waals surface area contributed by atoms with Crippen molar-refractivity contribution in [1.82, 2.24) is 0 Å². The van der Waals surface area contributed by atoms with Crippen molar-refractivity contribution in [3.63, 3.8) is 0 Å². The van der Waals surface area contributed by atoms with Gasteiger partial charge in [0.1, 0.15) is 0 Å². The van der Waals surface area contributed by atoms with Crippen molar-refractivity contribution in [3.05, 3.63) is 35.5 Å². The number of hydrogen-bond acceptors (Lipinski definition) is 3. The minimum atomic E-state index is -0.615. The molecule has 4 nitrogen and oxygen atoms in total. The lowest BCUT2D eigenvalue weighted by Crippen LogP contribution is -2.36. The van der Waals surface area contributed by atoms with E-state index in [9.17, 15) is 15.3 Å². The molecular formula is C27H46O4. The fraction of sp³-hybridized carbons (Fsp3) is 0.778. The van der Waals surface area contributed by atoms with E-state index in [1.165, 1.54) is 38.5 Å². The van der Waals surface area contributed by atoms with Gasteiger partial charge in [-0.15, -0.1) is 0 Å². The van der Waals surface area contributed by atoms with Gasteiger partial charge in [-0.05, 0) is 93.1 Å². The highest BCUT2D eigenvalue weighted by Crippen LogP contribution is 2.60. The molecule has 3 aliphatic rings. The van der Waals surface area contributed by atoms with E-state index in [0.29, 0.717) is 30.1 Å². The summed E-state index contributed by atoms with van der Waals surface area (Å²) in [4.78, 5) is 0. The Morgan fingerprint density at radius 2 is 1.94 bits per heavy atom. The molecular weight excluding hydrogens is 388 g/mol. The number of rotatable bonds is 6. The lowest BCUT2D eigenvalue weighted by Gasteiger charge is -2.44. The van der Waals surface area contributed by atoms with Crippen molar-refractivity contribution in [2.45, 2.75) is 110 Å². The Labute approximate surface area is 189 Å². The molecule has 3 saturated carbocycles. The zero-order valence-electron chi connectivity index (χ0n) is 20.2. The molecule has 0 saturated heterocycles. The second-order valence-corrected chi connectivity index (χ2v) is 11.3. The third-order valence-corrected chi connectivity index (χ3v) is 8.44. The normalized spacial score (nSPS) is 37.6. The summed E-state index contributed by atoms with van der Waals surface area (Å²) < 4.78 is 0. The minimum Gasteiger partial charge on any atom is -0.412 e. The van der Waals surface area contributed by atoms with Gasteiger partial charge in [-0.3, -0.25) is 0 Å². The van der Waals surface area contributed by atoms with Crippen LogP contribution in [0.5, 0.6) is 0 Å². The second-order valence-electron chi connectivity index (χ2n) is 11.3. The molecule has 0 radical (unpaired) electrons. The summed E-state index contributed by atoms with van der Waals surface area (Å²) >= 11 is 0. The van der Waals surface area contributed by atoms with Gasteiger partial charge in [0.05, 0.1) is 17.8 Å². The van der Waals surface area contributed by atoms with Crippen LogP contribution in [-0.4, -0.2) is 38.6 Å². The number of hydrogen-bond donors (Lipinski definition) is 3. The molecule has 3 aliphatic carbocycles. The van der Waals surface area contributed by atoms with Crippen LogP contribution < -0.4 is 0 Å². The highest BCUT2D eigenvalue weighted by molar-refractivity contribution is 5.38.